The molecule has 1 aliphatic rings. The summed E-state index contributed by atoms with van der Waals surface area (Å²) < 4.78 is 5.44. The number of aliphatic hydroxyl groups excluding tert-OH is 1. The van der Waals surface area contributed by atoms with Gasteiger partial charge in [0.1, 0.15) is 5.75 Å². The fourth-order valence-corrected chi connectivity index (χ4v) is 4.16. The molecule has 2 amide bonds. The Morgan fingerprint density at radius 1 is 1.09 bits per heavy atom. The summed E-state index contributed by atoms with van der Waals surface area (Å²) in [6.45, 7) is 5.77. The second-order valence-electron chi connectivity index (χ2n) is 9.23. The summed E-state index contributed by atoms with van der Waals surface area (Å²) in [4.78, 5) is 28.4. The van der Waals surface area contributed by atoms with Gasteiger partial charge in [0, 0.05) is 31.2 Å². The zero-order chi connectivity index (χ0) is 25.2. The maximum atomic E-state index is 13.3. The summed E-state index contributed by atoms with van der Waals surface area (Å²) in [5.74, 6) is -0.0291. The molecule has 2 aromatic carbocycles. The summed E-state index contributed by atoms with van der Waals surface area (Å²) in [7, 11) is 1.52. The first-order valence-corrected chi connectivity index (χ1v) is 12.7. The topological polar surface area (TPSA) is 90.9 Å². The molecule has 35 heavy (non-hydrogen) atoms. The third kappa shape index (κ3) is 7.80. The zero-order valence-electron chi connectivity index (χ0n) is 21.1. The Hall–Kier alpha value is -2.90. The van der Waals surface area contributed by atoms with Gasteiger partial charge in [0.25, 0.3) is 11.8 Å². The number of nitrogens with one attached hydrogen (secondary N) is 2. The number of nitrogens with zero attached hydrogens (tertiary/aromatic N) is 1. The van der Waals surface area contributed by atoms with Crippen molar-refractivity contribution in [3.05, 3.63) is 65.2 Å². The number of carbonyl (C=O) groups excluding carboxylic acids is 2. The molecule has 7 nitrogen and oxygen atoms in total. The number of benzene rings is 2. The van der Waals surface area contributed by atoms with Crippen molar-refractivity contribution in [1.82, 2.24) is 15.5 Å². The number of amides is 2. The van der Waals surface area contributed by atoms with Crippen LogP contribution in [-0.4, -0.2) is 66.8 Å². The molecule has 190 valence electrons. The standard InChI is InChI=1S/C28H39N3O4/c1-4-15-31(16-5-2)28(34)23-18-21(11-14-26(23)35-3)27(33)30-24(17-20-9-7-6-8-10-20)25(32)19-29-22-12-13-22/h6-11,14,18,22,24-25,29,32H,4-5,12-13,15-17,19H2,1-3H3,(H,30,33)/t24-,25+/m0/s1. The number of hydrogen-bond acceptors (Lipinski definition) is 5. The minimum Gasteiger partial charge on any atom is -0.496 e. The lowest BCUT2D eigenvalue weighted by Gasteiger charge is -2.25. The van der Waals surface area contributed by atoms with E-state index < -0.39 is 12.1 Å². The van der Waals surface area contributed by atoms with Gasteiger partial charge in [-0.3, -0.25) is 9.59 Å². The van der Waals surface area contributed by atoms with Crippen molar-refractivity contribution in [2.45, 2.75) is 64.1 Å². The lowest BCUT2D eigenvalue weighted by molar-refractivity contribution is 0.0752. The smallest absolute Gasteiger partial charge is 0.257 e. The van der Waals surface area contributed by atoms with E-state index >= 15 is 0 Å². The molecule has 2 aromatic rings. The van der Waals surface area contributed by atoms with Crippen LogP contribution < -0.4 is 15.4 Å². The largest absolute Gasteiger partial charge is 0.496 e. The lowest BCUT2D eigenvalue weighted by Crippen LogP contribution is -2.49. The minimum atomic E-state index is -0.747. The van der Waals surface area contributed by atoms with Crippen LogP contribution in [0.25, 0.3) is 0 Å². The molecule has 0 spiro atoms. The fourth-order valence-electron chi connectivity index (χ4n) is 4.16. The van der Waals surface area contributed by atoms with Crippen LogP contribution in [0.15, 0.2) is 48.5 Å². The van der Waals surface area contributed by atoms with Crippen molar-refractivity contribution in [3.63, 3.8) is 0 Å². The first-order valence-electron chi connectivity index (χ1n) is 12.7. The number of methoxy groups -OCH3 is 1. The highest BCUT2D eigenvalue weighted by molar-refractivity contribution is 6.01. The van der Waals surface area contributed by atoms with E-state index in [1.807, 2.05) is 44.2 Å². The maximum absolute atomic E-state index is 13.3. The van der Waals surface area contributed by atoms with E-state index in [2.05, 4.69) is 10.6 Å². The van der Waals surface area contributed by atoms with E-state index in [0.29, 0.717) is 49.0 Å². The van der Waals surface area contributed by atoms with Gasteiger partial charge in [-0.05, 0) is 55.9 Å². The first kappa shape index (κ1) is 26.7. The quantitative estimate of drug-likeness (QED) is 0.385. The van der Waals surface area contributed by atoms with Crippen LogP contribution in [0, 0.1) is 0 Å². The molecule has 0 bridgehead atoms. The zero-order valence-corrected chi connectivity index (χ0v) is 21.1. The molecule has 1 aliphatic carbocycles. The van der Waals surface area contributed by atoms with Gasteiger partial charge < -0.3 is 25.4 Å². The molecule has 1 fully saturated rings. The van der Waals surface area contributed by atoms with Crippen LogP contribution in [0.1, 0.15) is 65.8 Å². The van der Waals surface area contributed by atoms with E-state index in [1.165, 1.54) is 7.11 Å². The monoisotopic (exact) mass is 481 g/mol. The van der Waals surface area contributed by atoms with Crippen LogP contribution in [0.2, 0.25) is 0 Å². The van der Waals surface area contributed by atoms with Crippen LogP contribution in [0.3, 0.4) is 0 Å². The van der Waals surface area contributed by atoms with Gasteiger partial charge in [-0.25, -0.2) is 0 Å². The molecule has 1 saturated carbocycles. The van der Waals surface area contributed by atoms with Crippen molar-refractivity contribution in [2.75, 3.05) is 26.7 Å². The molecule has 0 unspecified atom stereocenters. The highest BCUT2D eigenvalue weighted by atomic mass is 16.5. The number of carbonyl (C=O) groups is 2. The molecule has 0 radical (unpaired) electrons. The van der Waals surface area contributed by atoms with Crippen molar-refractivity contribution in [1.29, 1.82) is 0 Å². The van der Waals surface area contributed by atoms with Crippen LogP contribution in [0.4, 0.5) is 0 Å². The Morgan fingerprint density at radius 2 is 1.77 bits per heavy atom. The van der Waals surface area contributed by atoms with E-state index in [9.17, 15) is 14.7 Å². The summed E-state index contributed by atoms with van der Waals surface area (Å²) >= 11 is 0. The number of rotatable bonds is 14. The van der Waals surface area contributed by atoms with Crippen molar-refractivity contribution in [2.24, 2.45) is 0 Å². The highest BCUT2D eigenvalue weighted by Gasteiger charge is 2.27. The summed E-state index contributed by atoms with van der Waals surface area (Å²) in [5.41, 5.74) is 1.77. The van der Waals surface area contributed by atoms with Gasteiger partial charge in [-0.15, -0.1) is 0 Å². The molecular formula is C28H39N3O4. The SMILES string of the molecule is CCCN(CCC)C(=O)c1cc(C(=O)N[C@@H](Cc2ccccc2)[C@H](O)CNC2CC2)ccc1OC. The lowest BCUT2D eigenvalue weighted by atomic mass is 10.00. The van der Waals surface area contributed by atoms with Gasteiger partial charge in [-0.2, -0.15) is 0 Å². The van der Waals surface area contributed by atoms with Gasteiger partial charge in [0.05, 0.1) is 24.8 Å². The molecule has 0 aromatic heterocycles. The predicted molar refractivity (Wildman–Crippen MR) is 138 cm³/mol. The maximum Gasteiger partial charge on any atom is 0.257 e. The van der Waals surface area contributed by atoms with Gasteiger partial charge >= 0.3 is 0 Å². The average Bonchev–Trinajstić information content (AvgIpc) is 3.71. The number of hydrogen-bond donors (Lipinski definition) is 3. The molecule has 2 atom stereocenters. The first-order chi connectivity index (χ1) is 17.0. The molecule has 0 aliphatic heterocycles. The fraction of sp³-hybridized carbons (Fsp3) is 0.500. The summed E-state index contributed by atoms with van der Waals surface area (Å²) in [6.07, 6.45) is 3.70. The van der Waals surface area contributed by atoms with E-state index in [1.54, 1.807) is 23.1 Å². The second kappa shape index (κ2) is 13.3. The molecule has 0 heterocycles. The Morgan fingerprint density at radius 3 is 2.37 bits per heavy atom. The molecule has 7 heteroatoms. The predicted octanol–water partition coefficient (Wildman–Crippen LogP) is 3.41. The number of aliphatic hydroxyl groups is 1. The Balaban J connectivity index is 1.80. The van der Waals surface area contributed by atoms with E-state index in [-0.39, 0.29) is 11.8 Å². The highest BCUT2D eigenvalue weighted by Crippen LogP contribution is 2.23. The Kier molecular flexibility index (Phi) is 10.1. The molecule has 0 saturated heterocycles. The molecular weight excluding hydrogens is 442 g/mol. The van der Waals surface area contributed by atoms with Crippen molar-refractivity contribution in [3.8, 4) is 5.75 Å². The van der Waals surface area contributed by atoms with Crippen LogP contribution in [0.5, 0.6) is 5.75 Å². The summed E-state index contributed by atoms with van der Waals surface area (Å²) in [6, 6.07) is 14.7. The van der Waals surface area contributed by atoms with Crippen molar-refractivity contribution < 1.29 is 19.4 Å². The Labute approximate surface area is 208 Å². The van der Waals surface area contributed by atoms with E-state index in [4.69, 9.17) is 4.74 Å². The Bertz CT molecular complexity index is 956. The molecule has 3 N–H and O–H groups in total. The third-order valence-electron chi connectivity index (χ3n) is 6.24. The molecule has 3 rings (SSSR count). The van der Waals surface area contributed by atoms with Gasteiger partial charge in [0.2, 0.25) is 0 Å². The number of ether oxygens (including phenoxy) is 1. The normalized spacial score (nSPS) is 14.7. The minimum absolute atomic E-state index is 0.144. The third-order valence-corrected chi connectivity index (χ3v) is 6.24. The average molecular weight is 482 g/mol. The summed E-state index contributed by atoms with van der Waals surface area (Å²) in [5, 5.41) is 17.3. The van der Waals surface area contributed by atoms with Gasteiger partial charge in [-0.1, -0.05) is 44.2 Å². The van der Waals surface area contributed by atoms with E-state index in [0.717, 1.165) is 31.2 Å². The van der Waals surface area contributed by atoms with Crippen LogP contribution >= 0.6 is 0 Å². The van der Waals surface area contributed by atoms with Gasteiger partial charge in [0.15, 0.2) is 0 Å². The van der Waals surface area contributed by atoms with Crippen LogP contribution in [-0.2, 0) is 6.42 Å². The second-order valence-corrected chi connectivity index (χ2v) is 9.23. The van der Waals surface area contributed by atoms with Crippen molar-refractivity contribution >= 4 is 11.8 Å².